The van der Waals surface area contributed by atoms with Gasteiger partial charge >= 0.3 is 0 Å². The Balaban J connectivity index is 1.71. The molecule has 0 aromatic heterocycles. The third kappa shape index (κ3) is 3.06. The monoisotopic (exact) mass is 332 g/mol. The summed E-state index contributed by atoms with van der Waals surface area (Å²) < 4.78 is 0. The maximum absolute atomic E-state index is 6.14. The van der Waals surface area contributed by atoms with Crippen LogP contribution in [-0.4, -0.2) is 12.8 Å². The Morgan fingerprint density at radius 2 is 1.71 bits per heavy atom. The lowest BCUT2D eigenvalue weighted by atomic mass is 10.0. The van der Waals surface area contributed by atoms with E-state index < -0.39 is 0 Å². The molecule has 0 aliphatic carbocycles. The summed E-state index contributed by atoms with van der Waals surface area (Å²) in [4.78, 5) is 6.90. The molecule has 0 N–H and O–H groups in total. The van der Waals surface area contributed by atoms with E-state index in [-0.39, 0.29) is 0 Å². The molecule has 0 unspecified atom stereocenters. The summed E-state index contributed by atoms with van der Waals surface area (Å²) in [6, 6.07) is 24.9. The van der Waals surface area contributed by atoms with Crippen molar-refractivity contribution < 1.29 is 0 Å². The van der Waals surface area contributed by atoms with Crippen LogP contribution in [0.4, 0.5) is 11.4 Å². The zero-order chi connectivity index (χ0) is 16.4. The first-order valence-corrected chi connectivity index (χ1v) is 8.39. The molecule has 0 saturated carbocycles. The number of hydrogen-bond acceptors (Lipinski definition) is 2. The van der Waals surface area contributed by atoms with Gasteiger partial charge in [-0.2, -0.15) is 0 Å². The summed E-state index contributed by atoms with van der Waals surface area (Å²) in [6.45, 7) is 1.69. The fourth-order valence-electron chi connectivity index (χ4n) is 3.02. The van der Waals surface area contributed by atoms with E-state index in [1.165, 1.54) is 11.3 Å². The second kappa shape index (κ2) is 6.50. The first kappa shape index (κ1) is 15.0. The average Bonchev–Trinajstić information content (AvgIpc) is 2.63. The van der Waals surface area contributed by atoms with Crippen LogP contribution in [0.25, 0.3) is 11.1 Å². The van der Waals surface area contributed by atoms with Gasteiger partial charge in [-0.1, -0.05) is 60.1 Å². The van der Waals surface area contributed by atoms with Crippen molar-refractivity contribution in [2.45, 2.75) is 6.54 Å². The van der Waals surface area contributed by atoms with Gasteiger partial charge in [-0.15, -0.1) is 0 Å². The van der Waals surface area contributed by atoms with Gasteiger partial charge in [0.25, 0.3) is 0 Å². The van der Waals surface area contributed by atoms with Crippen LogP contribution in [0.15, 0.2) is 77.8 Å². The minimum Gasteiger partial charge on any atom is -0.360 e. The molecule has 4 rings (SSSR count). The number of nitrogens with zero attached hydrogens (tertiary/aromatic N) is 2. The molecule has 0 radical (unpaired) electrons. The Hall–Kier alpha value is -2.58. The Morgan fingerprint density at radius 3 is 2.54 bits per heavy atom. The van der Waals surface area contributed by atoms with E-state index in [4.69, 9.17) is 11.6 Å². The van der Waals surface area contributed by atoms with Crippen LogP contribution in [-0.2, 0) is 6.54 Å². The van der Waals surface area contributed by atoms with E-state index in [0.29, 0.717) is 0 Å². The minimum absolute atomic E-state index is 0.754. The van der Waals surface area contributed by atoms with Crippen molar-refractivity contribution in [3.8, 4) is 11.1 Å². The Kier molecular flexibility index (Phi) is 4.06. The summed E-state index contributed by atoms with van der Waals surface area (Å²) in [5.74, 6) is 0. The number of hydrogen-bond donors (Lipinski definition) is 0. The van der Waals surface area contributed by atoms with Gasteiger partial charge in [0.05, 0.1) is 17.9 Å². The highest BCUT2D eigenvalue weighted by Gasteiger charge is 2.15. The van der Waals surface area contributed by atoms with Crippen LogP contribution in [0, 0.1) is 0 Å². The predicted molar refractivity (Wildman–Crippen MR) is 103 cm³/mol. The molecule has 24 heavy (non-hydrogen) atoms. The van der Waals surface area contributed by atoms with Crippen molar-refractivity contribution in [3.63, 3.8) is 0 Å². The highest BCUT2D eigenvalue weighted by Crippen LogP contribution is 2.36. The van der Waals surface area contributed by atoms with Crippen molar-refractivity contribution >= 4 is 29.2 Å². The standard InChI is InChI=1S/C21H17ClN2/c22-19-8-4-7-17(13-19)18-9-10-20-21(14-18)24(12-11-23-20)15-16-5-2-1-3-6-16/h1-11,13-14H,12,15H2. The summed E-state index contributed by atoms with van der Waals surface area (Å²) in [5.41, 5.74) is 5.76. The van der Waals surface area contributed by atoms with Crippen molar-refractivity contribution in [2.75, 3.05) is 11.4 Å². The van der Waals surface area contributed by atoms with E-state index in [1.54, 1.807) is 0 Å². The lowest BCUT2D eigenvalue weighted by Gasteiger charge is -2.28. The van der Waals surface area contributed by atoms with Gasteiger partial charge in [-0.05, 0) is 41.0 Å². The van der Waals surface area contributed by atoms with Gasteiger partial charge < -0.3 is 4.90 Å². The van der Waals surface area contributed by atoms with Gasteiger partial charge in [0.2, 0.25) is 0 Å². The van der Waals surface area contributed by atoms with Crippen LogP contribution in [0.1, 0.15) is 5.56 Å². The van der Waals surface area contributed by atoms with Crippen molar-refractivity contribution in [2.24, 2.45) is 4.99 Å². The molecule has 1 aliphatic rings. The molecule has 0 atom stereocenters. The van der Waals surface area contributed by atoms with Crippen molar-refractivity contribution in [1.82, 2.24) is 0 Å². The average molecular weight is 333 g/mol. The summed E-state index contributed by atoms with van der Waals surface area (Å²) in [7, 11) is 0. The lowest BCUT2D eigenvalue weighted by Crippen LogP contribution is -2.26. The topological polar surface area (TPSA) is 15.6 Å². The van der Waals surface area contributed by atoms with E-state index in [9.17, 15) is 0 Å². The van der Waals surface area contributed by atoms with Gasteiger partial charge in [-0.25, -0.2) is 0 Å². The van der Waals surface area contributed by atoms with Crippen LogP contribution < -0.4 is 4.90 Å². The molecule has 0 spiro atoms. The number of halogens is 1. The fourth-order valence-corrected chi connectivity index (χ4v) is 3.21. The molecule has 1 aliphatic heterocycles. The molecule has 0 saturated heterocycles. The SMILES string of the molecule is Clc1cccc(-c2ccc3c(c2)N(Cc2ccccc2)CC=N3)c1. The number of aliphatic imine (C=N–C) groups is 1. The quantitative estimate of drug-likeness (QED) is 0.598. The second-order valence-corrected chi connectivity index (χ2v) is 6.33. The largest absolute Gasteiger partial charge is 0.360 e. The number of anilines is 1. The second-order valence-electron chi connectivity index (χ2n) is 5.89. The predicted octanol–water partition coefficient (Wildman–Crippen LogP) is 5.73. The van der Waals surface area contributed by atoms with Crippen LogP contribution in [0.2, 0.25) is 5.02 Å². The highest BCUT2D eigenvalue weighted by molar-refractivity contribution is 6.30. The third-order valence-corrected chi connectivity index (χ3v) is 4.46. The molecule has 3 heteroatoms. The highest BCUT2D eigenvalue weighted by atomic mass is 35.5. The first-order chi connectivity index (χ1) is 11.8. The van der Waals surface area contributed by atoms with Crippen LogP contribution >= 0.6 is 11.6 Å². The summed E-state index contributed by atoms with van der Waals surface area (Å²) in [5, 5.41) is 0.754. The maximum Gasteiger partial charge on any atom is 0.0860 e. The summed E-state index contributed by atoms with van der Waals surface area (Å²) in [6.07, 6.45) is 1.98. The van der Waals surface area contributed by atoms with Crippen LogP contribution in [0.5, 0.6) is 0 Å². The van der Waals surface area contributed by atoms with Gasteiger partial charge in [0.15, 0.2) is 0 Å². The Labute approximate surface area is 147 Å². The Morgan fingerprint density at radius 1 is 0.875 bits per heavy atom. The third-order valence-electron chi connectivity index (χ3n) is 4.22. The van der Waals surface area contributed by atoms with E-state index in [1.807, 2.05) is 30.5 Å². The molecule has 3 aromatic rings. The first-order valence-electron chi connectivity index (χ1n) is 8.01. The van der Waals surface area contributed by atoms with Crippen LogP contribution in [0.3, 0.4) is 0 Å². The number of benzene rings is 3. The molecule has 2 nitrogen and oxygen atoms in total. The van der Waals surface area contributed by atoms with E-state index >= 15 is 0 Å². The maximum atomic E-state index is 6.14. The van der Waals surface area contributed by atoms with Gasteiger partial charge in [0, 0.05) is 17.8 Å². The summed E-state index contributed by atoms with van der Waals surface area (Å²) >= 11 is 6.14. The molecule has 1 heterocycles. The molecule has 0 fully saturated rings. The zero-order valence-electron chi connectivity index (χ0n) is 13.2. The van der Waals surface area contributed by atoms with Gasteiger partial charge in [-0.3, -0.25) is 4.99 Å². The van der Waals surface area contributed by atoms with E-state index in [2.05, 4.69) is 58.4 Å². The normalized spacial score (nSPS) is 13.0. The molecule has 0 bridgehead atoms. The number of rotatable bonds is 3. The Bertz CT molecular complexity index is 887. The van der Waals surface area contributed by atoms with E-state index in [0.717, 1.165) is 34.9 Å². The molecule has 0 amide bonds. The fraction of sp³-hybridized carbons (Fsp3) is 0.0952. The molecular formula is C21H17ClN2. The molecule has 118 valence electrons. The smallest absolute Gasteiger partial charge is 0.0860 e. The van der Waals surface area contributed by atoms with Crippen molar-refractivity contribution in [3.05, 3.63) is 83.4 Å². The van der Waals surface area contributed by atoms with Gasteiger partial charge in [0.1, 0.15) is 0 Å². The number of fused-ring (bicyclic) bond motifs is 1. The zero-order valence-corrected chi connectivity index (χ0v) is 13.9. The lowest BCUT2D eigenvalue weighted by molar-refractivity contribution is 0.881. The van der Waals surface area contributed by atoms with Crippen molar-refractivity contribution in [1.29, 1.82) is 0 Å². The molecule has 3 aromatic carbocycles. The molecular weight excluding hydrogens is 316 g/mol. The minimum atomic E-state index is 0.754.